The summed E-state index contributed by atoms with van der Waals surface area (Å²) < 4.78 is 31.8. The Morgan fingerprint density at radius 3 is 2.56 bits per heavy atom. The number of hydrogen-bond acceptors (Lipinski definition) is 3. The van der Waals surface area contributed by atoms with Crippen molar-refractivity contribution in [3.8, 4) is 5.75 Å². The van der Waals surface area contributed by atoms with Gasteiger partial charge in [-0.25, -0.2) is 8.78 Å². The lowest BCUT2D eigenvalue weighted by Crippen LogP contribution is -2.07. The maximum atomic E-state index is 13.6. The van der Waals surface area contributed by atoms with Crippen LogP contribution in [0.5, 0.6) is 5.75 Å². The quantitative estimate of drug-likeness (QED) is 0.842. The smallest absolute Gasteiger partial charge is 0.306 e. The van der Waals surface area contributed by atoms with Crippen LogP contribution in [0.3, 0.4) is 0 Å². The van der Waals surface area contributed by atoms with Crippen LogP contribution in [0, 0.1) is 5.92 Å². The molecule has 2 atom stereocenters. The van der Waals surface area contributed by atoms with Crippen molar-refractivity contribution in [1.82, 2.24) is 0 Å². The normalized spacial score (nSPS) is 24.6. The molecule has 98 valence electrons. The van der Waals surface area contributed by atoms with Crippen molar-refractivity contribution < 1.29 is 23.4 Å². The van der Waals surface area contributed by atoms with Gasteiger partial charge in [-0.2, -0.15) is 0 Å². The lowest BCUT2D eigenvalue weighted by molar-refractivity contribution is -0.144. The van der Waals surface area contributed by atoms with E-state index >= 15 is 0 Å². The van der Waals surface area contributed by atoms with Crippen LogP contribution in [0.25, 0.3) is 0 Å². The molecule has 3 nitrogen and oxygen atoms in total. The van der Waals surface area contributed by atoms with Gasteiger partial charge in [0.25, 0.3) is 5.92 Å². The van der Waals surface area contributed by atoms with Gasteiger partial charge >= 0.3 is 5.97 Å². The fourth-order valence-corrected chi connectivity index (χ4v) is 2.18. The zero-order valence-corrected chi connectivity index (χ0v) is 9.90. The highest BCUT2D eigenvalue weighted by molar-refractivity contribution is 5.71. The van der Waals surface area contributed by atoms with E-state index in [0.29, 0.717) is 5.56 Å². The van der Waals surface area contributed by atoms with E-state index in [1.54, 1.807) is 6.92 Å². The lowest BCUT2D eigenvalue weighted by Gasteiger charge is -2.00. The minimum absolute atomic E-state index is 0.0321. The van der Waals surface area contributed by atoms with Crippen LogP contribution in [0.2, 0.25) is 0 Å². The zero-order chi connectivity index (χ0) is 13.3. The standard InChI is InChI=1S/C13H14F2O3/c1-2-18-11(17)7-10-12(13(10,14)15)8-3-5-9(16)6-4-8/h3-6,10,12,16H,2,7H2,1H3. The molecule has 1 aliphatic carbocycles. The van der Waals surface area contributed by atoms with Gasteiger partial charge in [-0.05, 0) is 24.6 Å². The monoisotopic (exact) mass is 256 g/mol. The third-order valence-electron chi connectivity index (χ3n) is 3.15. The van der Waals surface area contributed by atoms with E-state index < -0.39 is 23.7 Å². The molecular weight excluding hydrogens is 242 g/mol. The Hall–Kier alpha value is -1.65. The number of rotatable bonds is 4. The molecule has 2 rings (SSSR count). The Morgan fingerprint density at radius 1 is 1.39 bits per heavy atom. The molecule has 0 bridgehead atoms. The molecule has 18 heavy (non-hydrogen) atoms. The van der Waals surface area contributed by atoms with Gasteiger partial charge < -0.3 is 9.84 Å². The van der Waals surface area contributed by atoms with E-state index in [4.69, 9.17) is 5.11 Å². The second-order valence-corrected chi connectivity index (χ2v) is 4.36. The predicted octanol–water partition coefficient (Wildman–Crippen LogP) is 2.69. The first-order valence-electron chi connectivity index (χ1n) is 5.79. The fourth-order valence-electron chi connectivity index (χ4n) is 2.18. The number of carbonyl (C=O) groups is 1. The molecule has 2 unspecified atom stereocenters. The number of ether oxygens (including phenoxy) is 1. The number of phenolic OH excluding ortho intramolecular Hbond substituents is 1. The second-order valence-electron chi connectivity index (χ2n) is 4.36. The Bertz CT molecular complexity index is 442. The van der Waals surface area contributed by atoms with Crippen molar-refractivity contribution >= 4 is 5.97 Å². The highest BCUT2D eigenvalue weighted by atomic mass is 19.3. The summed E-state index contributed by atoms with van der Waals surface area (Å²) in [5.74, 6) is -5.39. The molecule has 0 radical (unpaired) electrons. The van der Waals surface area contributed by atoms with Gasteiger partial charge in [-0.3, -0.25) is 4.79 Å². The number of halogens is 2. The van der Waals surface area contributed by atoms with Crippen molar-refractivity contribution in [3.63, 3.8) is 0 Å². The number of alkyl halides is 2. The number of esters is 1. The number of hydrogen-bond donors (Lipinski definition) is 1. The Kier molecular flexibility index (Phi) is 3.24. The molecule has 1 aromatic rings. The summed E-state index contributed by atoms with van der Waals surface area (Å²) in [4.78, 5) is 11.2. The van der Waals surface area contributed by atoms with Gasteiger partial charge in [0.2, 0.25) is 0 Å². The first-order chi connectivity index (χ1) is 8.46. The van der Waals surface area contributed by atoms with Crippen LogP contribution in [0.15, 0.2) is 24.3 Å². The maximum Gasteiger partial charge on any atom is 0.306 e. The van der Waals surface area contributed by atoms with Crippen LogP contribution in [0.1, 0.15) is 24.8 Å². The molecule has 1 aromatic carbocycles. The van der Waals surface area contributed by atoms with E-state index in [9.17, 15) is 13.6 Å². The highest BCUT2D eigenvalue weighted by Crippen LogP contribution is 2.63. The van der Waals surface area contributed by atoms with Gasteiger partial charge in [0.1, 0.15) is 5.75 Å². The van der Waals surface area contributed by atoms with Gasteiger partial charge in [-0.15, -0.1) is 0 Å². The van der Waals surface area contributed by atoms with Gasteiger partial charge in [-0.1, -0.05) is 12.1 Å². The molecule has 0 spiro atoms. The molecule has 1 N–H and O–H groups in total. The van der Waals surface area contributed by atoms with Gasteiger partial charge in [0.15, 0.2) is 0 Å². The lowest BCUT2D eigenvalue weighted by atomic mass is 10.1. The predicted molar refractivity (Wildman–Crippen MR) is 60.5 cm³/mol. The second kappa shape index (κ2) is 4.55. The van der Waals surface area contributed by atoms with Crippen LogP contribution in [0.4, 0.5) is 8.78 Å². The number of benzene rings is 1. The largest absolute Gasteiger partial charge is 0.508 e. The van der Waals surface area contributed by atoms with E-state index in [2.05, 4.69) is 4.74 Å². The molecule has 0 amide bonds. The Labute approximate surface area is 103 Å². The minimum Gasteiger partial charge on any atom is -0.508 e. The van der Waals surface area contributed by atoms with Crippen LogP contribution in [-0.2, 0) is 9.53 Å². The van der Waals surface area contributed by atoms with E-state index in [0.717, 1.165) is 0 Å². The number of aromatic hydroxyl groups is 1. The summed E-state index contributed by atoms with van der Waals surface area (Å²) in [7, 11) is 0. The Morgan fingerprint density at radius 2 is 2.00 bits per heavy atom. The van der Waals surface area contributed by atoms with Gasteiger partial charge in [0.05, 0.1) is 18.9 Å². The molecule has 1 fully saturated rings. The average molecular weight is 256 g/mol. The molecule has 1 saturated carbocycles. The number of phenols is 1. The van der Waals surface area contributed by atoms with Crippen LogP contribution in [-0.4, -0.2) is 23.6 Å². The van der Waals surface area contributed by atoms with Crippen molar-refractivity contribution in [2.75, 3.05) is 6.61 Å². The summed E-state index contributed by atoms with van der Waals surface area (Å²) in [6.07, 6.45) is -0.271. The minimum atomic E-state index is -2.87. The van der Waals surface area contributed by atoms with E-state index in [-0.39, 0.29) is 18.8 Å². The van der Waals surface area contributed by atoms with Gasteiger partial charge in [0, 0.05) is 5.92 Å². The molecule has 0 aliphatic heterocycles. The highest BCUT2D eigenvalue weighted by Gasteiger charge is 2.68. The molecule has 5 heteroatoms. The number of carbonyl (C=O) groups excluding carboxylic acids is 1. The van der Waals surface area contributed by atoms with E-state index in [1.807, 2.05) is 0 Å². The maximum absolute atomic E-state index is 13.6. The topological polar surface area (TPSA) is 46.5 Å². The molecule has 0 heterocycles. The van der Waals surface area contributed by atoms with Crippen LogP contribution < -0.4 is 0 Å². The first kappa shape index (κ1) is 12.8. The van der Waals surface area contributed by atoms with Crippen molar-refractivity contribution in [2.45, 2.75) is 25.2 Å². The fraction of sp³-hybridized carbons (Fsp3) is 0.462. The van der Waals surface area contributed by atoms with Crippen molar-refractivity contribution in [2.24, 2.45) is 5.92 Å². The first-order valence-corrected chi connectivity index (χ1v) is 5.79. The summed E-state index contributed by atoms with van der Waals surface area (Å²) in [5.41, 5.74) is 0.437. The molecular formula is C13H14F2O3. The summed E-state index contributed by atoms with van der Waals surface area (Å²) in [6.45, 7) is 1.83. The van der Waals surface area contributed by atoms with E-state index in [1.165, 1.54) is 24.3 Å². The average Bonchev–Trinajstić information content (AvgIpc) is 2.82. The van der Waals surface area contributed by atoms with Crippen molar-refractivity contribution in [3.05, 3.63) is 29.8 Å². The SMILES string of the molecule is CCOC(=O)CC1C(c2ccc(O)cc2)C1(F)F. The molecule has 0 saturated heterocycles. The molecule has 1 aliphatic rings. The van der Waals surface area contributed by atoms with Crippen molar-refractivity contribution in [1.29, 1.82) is 0 Å². The Balaban J connectivity index is 2.06. The summed E-state index contributed by atoms with van der Waals surface area (Å²) in [5, 5.41) is 9.11. The van der Waals surface area contributed by atoms with Crippen LogP contribution >= 0.6 is 0 Å². The third kappa shape index (κ3) is 2.30. The molecule has 0 aromatic heterocycles. The summed E-state index contributed by atoms with van der Waals surface area (Å²) in [6, 6.07) is 5.65. The zero-order valence-electron chi connectivity index (χ0n) is 9.90. The third-order valence-corrected chi connectivity index (χ3v) is 3.15. The summed E-state index contributed by atoms with van der Waals surface area (Å²) >= 11 is 0.